The van der Waals surface area contributed by atoms with Crippen LogP contribution in [0.3, 0.4) is 0 Å². The number of carboxylic acid groups (broad SMARTS) is 1. The number of phosphoric acid groups is 1. The maximum absolute atomic E-state index is 10.0. The molecule has 0 aromatic carbocycles. The maximum Gasteiger partial charge on any atom is 0.525 e. The van der Waals surface area contributed by atoms with E-state index in [0.717, 1.165) is 0 Å². The maximum atomic E-state index is 10.0. The van der Waals surface area contributed by atoms with Crippen LogP contribution in [-0.4, -0.2) is 20.9 Å². The summed E-state index contributed by atoms with van der Waals surface area (Å²) in [7, 11) is -4.83. The summed E-state index contributed by atoms with van der Waals surface area (Å²) in [6.07, 6.45) is 0. The summed E-state index contributed by atoms with van der Waals surface area (Å²) in [4.78, 5) is 26.2. The molecule has 0 aromatic rings. The molecule has 0 bridgehead atoms. The van der Waals surface area contributed by atoms with Crippen LogP contribution >= 0.6 is 19.4 Å². The van der Waals surface area contributed by atoms with Gasteiger partial charge in [-0.1, -0.05) is 11.6 Å². The lowest BCUT2D eigenvalue weighted by molar-refractivity contribution is -0.135. The molecule has 8 heteroatoms. The van der Waals surface area contributed by atoms with Crippen molar-refractivity contribution in [1.82, 2.24) is 0 Å². The van der Waals surface area contributed by atoms with Crippen molar-refractivity contribution in [2.24, 2.45) is 0 Å². The van der Waals surface area contributed by atoms with Crippen LogP contribution in [0.2, 0.25) is 0 Å². The average Bonchev–Trinajstić information content (AvgIpc) is 1.80. The van der Waals surface area contributed by atoms with E-state index in [1.807, 2.05) is 0 Å². The number of rotatable bonds is 3. The highest BCUT2D eigenvalue weighted by molar-refractivity contribution is 7.46. The lowest BCUT2D eigenvalue weighted by Gasteiger charge is -2.04. The average molecular weight is 202 g/mol. The molecule has 0 fully saturated rings. The van der Waals surface area contributed by atoms with Gasteiger partial charge in [-0.15, -0.1) is 0 Å². The van der Waals surface area contributed by atoms with Gasteiger partial charge in [0.15, 0.2) is 0 Å². The van der Waals surface area contributed by atoms with Crippen LogP contribution in [0.1, 0.15) is 0 Å². The van der Waals surface area contributed by atoms with Crippen molar-refractivity contribution in [3.8, 4) is 0 Å². The van der Waals surface area contributed by atoms with Crippen molar-refractivity contribution >= 4 is 25.4 Å². The molecular weight excluding hydrogens is 198 g/mol. The quantitative estimate of drug-likeness (QED) is 0.344. The minimum Gasteiger partial charge on any atom is -0.475 e. The molecule has 0 radical (unpaired) electrons. The molecule has 0 saturated heterocycles. The Hall–Kier alpha value is -0.550. The Morgan fingerprint density at radius 1 is 1.55 bits per heavy atom. The van der Waals surface area contributed by atoms with Crippen molar-refractivity contribution in [3.05, 3.63) is 11.3 Å². The molecule has 11 heavy (non-hydrogen) atoms. The standard InChI is InChI=1S/C3H4ClO6P/c4-1-2(3(5)6)10-11(7,8)9/h1H,(H,5,6)(H2,7,8,9)/b2-1+. The molecule has 0 heterocycles. The highest BCUT2D eigenvalue weighted by Crippen LogP contribution is 2.38. The normalized spacial score (nSPS) is 12.8. The number of halogens is 1. The Bertz CT molecular complexity index is 228. The Kier molecular flexibility index (Phi) is 3.54. The summed E-state index contributed by atoms with van der Waals surface area (Å²) in [6, 6.07) is 0. The van der Waals surface area contributed by atoms with Crippen LogP contribution in [0.25, 0.3) is 0 Å². The zero-order valence-corrected chi connectivity index (χ0v) is 6.62. The summed E-state index contributed by atoms with van der Waals surface area (Å²) in [5.41, 5.74) is 0.418. The fraction of sp³-hybridized carbons (Fsp3) is 0. The van der Waals surface area contributed by atoms with Gasteiger partial charge in [0.25, 0.3) is 0 Å². The Morgan fingerprint density at radius 2 is 2.00 bits per heavy atom. The zero-order chi connectivity index (χ0) is 9.07. The first-order valence-electron chi connectivity index (χ1n) is 2.15. The zero-order valence-electron chi connectivity index (χ0n) is 4.97. The van der Waals surface area contributed by atoms with Crippen LogP contribution in [0.4, 0.5) is 0 Å². The van der Waals surface area contributed by atoms with Crippen molar-refractivity contribution in [3.63, 3.8) is 0 Å². The number of phosphoric ester groups is 1. The first-order valence-corrected chi connectivity index (χ1v) is 4.12. The SMILES string of the molecule is O=C(O)/C(=C\Cl)OP(=O)(O)O. The molecule has 0 amide bonds. The van der Waals surface area contributed by atoms with Crippen molar-refractivity contribution < 1.29 is 28.8 Å². The minimum atomic E-state index is -4.83. The smallest absolute Gasteiger partial charge is 0.475 e. The van der Waals surface area contributed by atoms with E-state index in [1.54, 1.807) is 0 Å². The lowest BCUT2D eigenvalue weighted by atomic mass is 10.6. The van der Waals surface area contributed by atoms with E-state index in [9.17, 15) is 9.36 Å². The second kappa shape index (κ2) is 3.73. The highest BCUT2D eigenvalue weighted by Gasteiger charge is 2.21. The van der Waals surface area contributed by atoms with Crippen molar-refractivity contribution in [2.75, 3.05) is 0 Å². The molecule has 0 atom stereocenters. The summed E-state index contributed by atoms with van der Waals surface area (Å²) in [5.74, 6) is -2.65. The number of hydrogen-bond acceptors (Lipinski definition) is 3. The lowest BCUT2D eigenvalue weighted by Crippen LogP contribution is -2.02. The molecule has 0 spiro atoms. The molecule has 0 saturated carbocycles. The van der Waals surface area contributed by atoms with Crippen molar-refractivity contribution in [1.29, 1.82) is 0 Å². The highest BCUT2D eigenvalue weighted by atomic mass is 35.5. The van der Waals surface area contributed by atoms with Gasteiger partial charge in [-0.05, 0) is 0 Å². The van der Waals surface area contributed by atoms with Gasteiger partial charge in [0.1, 0.15) is 0 Å². The largest absolute Gasteiger partial charge is 0.525 e. The van der Waals surface area contributed by atoms with Crippen LogP contribution in [0, 0.1) is 0 Å². The number of hydrogen-bond donors (Lipinski definition) is 3. The van der Waals surface area contributed by atoms with E-state index in [-0.39, 0.29) is 0 Å². The third-order valence-electron chi connectivity index (χ3n) is 0.527. The van der Waals surface area contributed by atoms with Gasteiger partial charge >= 0.3 is 13.8 Å². The monoisotopic (exact) mass is 202 g/mol. The molecule has 0 aromatic heterocycles. The van der Waals surface area contributed by atoms with E-state index in [1.165, 1.54) is 0 Å². The fourth-order valence-corrected chi connectivity index (χ4v) is 0.821. The van der Waals surface area contributed by atoms with E-state index >= 15 is 0 Å². The van der Waals surface area contributed by atoms with Gasteiger partial charge < -0.3 is 9.63 Å². The molecule has 0 aliphatic rings. The molecule has 64 valence electrons. The molecule has 0 rings (SSSR count). The second-order valence-electron chi connectivity index (χ2n) is 1.36. The van der Waals surface area contributed by atoms with Gasteiger partial charge in [-0.3, -0.25) is 9.79 Å². The number of carbonyl (C=O) groups is 1. The first-order chi connectivity index (χ1) is 4.87. The van der Waals surface area contributed by atoms with Crippen LogP contribution in [0.5, 0.6) is 0 Å². The fourth-order valence-electron chi connectivity index (χ4n) is 0.234. The molecule has 0 aliphatic carbocycles. The topological polar surface area (TPSA) is 104 Å². The van der Waals surface area contributed by atoms with Gasteiger partial charge in [-0.2, -0.15) is 0 Å². The Morgan fingerprint density at radius 3 is 2.09 bits per heavy atom. The predicted octanol–water partition coefficient (Wildman–Crippen LogP) is 0.261. The molecule has 0 unspecified atom stereocenters. The van der Waals surface area contributed by atoms with E-state index in [4.69, 9.17) is 26.5 Å². The second-order valence-corrected chi connectivity index (χ2v) is 2.74. The van der Waals surface area contributed by atoms with E-state index in [0.29, 0.717) is 5.54 Å². The summed E-state index contributed by atoms with van der Waals surface area (Å²) < 4.78 is 13.7. The van der Waals surface area contributed by atoms with E-state index in [2.05, 4.69) is 4.52 Å². The Balaban J connectivity index is 4.37. The molecular formula is C3H4ClO6P. The third-order valence-corrected chi connectivity index (χ3v) is 1.16. The third kappa shape index (κ3) is 4.80. The van der Waals surface area contributed by atoms with Crippen LogP contribution < -0.4 is 0 Å². The number of carboxylic acids is 1. The summed E-state index contributed by atoms with van der Waals surface area (Å²) in [6.45, 7) is 0. The molecule has 6 nitrogen and oxygen atoms in total. The summed E-state index contributed by atoms with van der Waals surface area (Å²) >= 11 is 4.86. The number of aliphatic carboxylic acids is 1. The van der Waals surface area contributed by atoms with Crippen LogP contribution in [0.15, 0.2) is 11.3 Å². The van der Waals surface area contributed by atoms with Gasteiger partial charge in [-0.25, -0.2) is 9.36 Å². The predicted molar refractivity (Wildman–Crippen MR) is 34.7 cm³/mol. The van der Waals surface area contributed by atoms with Crippen LogP contribution in [-0.2, 0) is 13.9 Å². The van der Waals surface area contributed by atoms with E-state index < -0.39 is 19.6 Å². The van der Waals surface area contributed by atoms with Gasteiger partial charge in [0.2, 0.25) is 5.76 Å². The minimum absolute atomic E-state index is 0.418. The van der Waals surface area contributed by atoms with Gasteiger partial charge in [0, 0.05) is 0 Å². The van der Waals surface area contributed by atoms with Gasteiger partial charge in [0.05, 0.1) is 5.54 Å². The molecule has 0 aliphatic heterocycles. The molecule has 3 N–H and O–H groups in total. The first kappa shape index (κ1) is 10.4. The summed E-state index contributed by atoms with van der Waals surface area (Å²) in [5, 5.41) is 8.12. The Labute approximate surface area is 66.3 Å². The van der Waals surface area contributed by atoms with Crippen molar-refractivity contribution in [2.45, 2.75) is 0 Å².